The molecule has 1 unspecified atom stereocenters. The Balaban J connectivity index is 1.29. The van der Waals surface area contributed by atoms with E-state index in [1.54, 1.807) is 12.1 Å². The zero-order valence-corrected chi connectivity index (χ0v) is 19.6. The third-order valence-electron chi connectivity index (χ3n) is 8.71. The number of nitrogens with two attached hydrogens (primary N) is 1. The lowest BCUT2D eigenvalue weighted by atomic mass is 9.74. The second-order valence-corrected chi connectivity index (χ2v) is 10.5. The van der Waals surface area contributed by atoms with Gasteiger partial charge in [0.15, 0.2) is 0 Å². The van der Waals surface area contributed by atoms with Gasteiger partial charge < -0.3 is 15.7 Å². The first-order valence-electron chi connectivity index (χ1n) is 12.5. The van der Waals surface area contributed by atoms with Crippen LogP contribution in [0.3, 0.4) is 0 Å². The number of piperidine rings is 1. The Bertz CT molecular complexity index is 1000. The molecule has 0 aromatic heterocycles. The second-order valence-electron chi connectivity index (χ2n) is 10.5. The van der Waals surface area contributed by atoms with Gasteiger partial charge in [-0.05, 0) is 68.2 Å². The summed E-state index contributed by atoms with van der Waals surface area (Å²) in [5.74, 6) is -0.432. The normalized spacial score (nSPS) is 31.6. The highest BCUT2D eigenvalue weighted by Crippen LogP contribution is 2.46. The molecule has 0 radical (unpaired) electrons. The Hall–Kier alpha value is -2.51. The number of primary amides is 1. The van der Waals surface area contributed by atoms with Crippen LogP contribution < -0.4 is 5.73 Å². The molecule has 0 bridgehead atoms. The monoisotopic (exact) mass is 467 g/mol. The number of amides is 2. The zero-order chi connectivity index (χ0) is 23.9. The van der Waals surface area contributed by atoms with Crippen molar-refractivity contribution in [3.63, 3.8) is 0 Å². The van der Waals surface area contributed by atoms with Crippen molar-refractivity contribution < 1.29 is 19.1 Å². The number of hydrogen-bond acceptors (Lipinski definition) is 4. The summed E-state index contributed by atoms with van der Waals surface area (Å²) in [5.41, 5.74) is 6.52. The molecule has 182 valence electrons. The van der Waals surface area contributed by atoms with Crippen molar-refractivity contribution in [3.05, 3.63) is 53.9 Å². The molecule has 2 aliphatic carbocycles. The van der Waals surface area contributed by atoms with Gasteiger partial charge in [0.05, 0.1) is 11.5 Å². The quantitative estimate of drug-likeness (QED) is 0.713. The predicted octanol–water partition coefficient (Wildman–Crippen LogP) is 3.01. The van der Waals surface area contributed by atoms with Crippen LogP contribution in [0.2, 0.25) is 0 Å². The largest absolute Gasteiger partial charge is 0.393 e. The van der Waals surface area contributed by atoms with E-state index >= 15 is 0 Å². The molecule has 1 saturated carbocycles. The molecule has 6 nitrogen and oxygen atoms in total. The number of carbonyl (C=O) groups excluding carboxylic acids is 2. The Labute approximate surface area is 200 Å². The number of rotatable bonds is 4. The topological polar surface area (TPSA) is 86.9 Å². The molecule has 1 spiro atoms. The van der Waals surface area contributed by atoms with E-state index < -0.39 is 11.4 Å². The van der Waals surface area contributed by atoms with E-state index in [2.05, 4.69) is 9.80 Å². The number of aliphatic hydroxyl groups excluding tert-OH is 1. The predicted molar refractivity (Wildman–Crippen MR) is 128 cm³/mol. The van der Waals surface area contributed by atoms with E-state index in [1.165, 1.54) is 12.1 Å². The van der Waals surface area contributed by atoms with E-state index in [4.69, 9.17) is 5.73 Å². The Morgan fingerprint density at radius 3 is 2.32 bits per heavy atom. The van der Waals surface area contributed by atoms with Crippen molar-refractivity contribution in [3.8, 4) is 0 Å². The van der Waals surface area contributed by atoms with Crippen LogP contribution >= 0.6 is 0 Å². The van der Waals surface area contributed by atoms with E-state index in [9.17, 15) is 19.1 Å². The number of benzene rings is 1. The molecule has 3 N–H and O–H groups in total. The molecule has 2 saturated heterocycles. The van der Waals surface area contributed by atoms with Crippen LogP contribution in [0, 0.1) is 11.2 Å². The van der Waals surface area contributed by atoms with E-state index in [0.717, 1.165) is 62.6 Å². The van der Waals surface area contributed by atoms with Crippen LogP contribution in [-0.2, 0) is 9.59 Å². The summed E-state index contributed by atoms with van der Waals surface area (Å²) in [4.78, 5) is 30.5. The molecular formula is C27H34FN3O3. The van der Waals surface area contributed by atoms with Gasteiger partial charge in [-0.15, -0.1) is 0 Å². The molecule has 1 aromatic rings. The number of halogens is 1. The fraction of sp³-hybridized carbons (Fsp3) is 0.556. The average molecular weight is 468 g/mol. The van der Waals surface area contributed by atoms with Crippen molar-refractivity contribution in [1.82, 2.24) is 9.80 Å². The van der Waals surface area contributed by atoms with E-state index in [1.807, 2.05) is 18.2 Å². The van der Waals surface area contributed by atoms with Crippen molar-refractivity contribution in [2.45, 2.75) is 69.1 Å². The summed E-state index contributed by atoms with van der Waals surface area (Å²) in [6, 6.07) is 6.56. The summed E-state index contributed by atoms with van der Waals surface area (Å²) >= 11 is 0. The van der Waals surface area contributed by atoms with Gasteiger partial charge >= 0.3 is 0 Å². The minimum Gasteiger partial charge on any atom is -0.393 e. The van der Waals surface area contributed by atoms with Gasteiger partial charge in [0.1, 0.15) is 11.4 Å². The number of likely N-dealkylation sites (tertiary alicyclic amines) is 2. The number of carbonyl (C=O) groups is 2. The summed E-state index contributed by atoms with van der Waals surface area (Å²) in [5, 5.41) is 9.83. The van der Waals surface area contributed by atoms with Crippen molar-refractivity contribution in [2.75, 3.05) is 19.6 Å². The first-order chi connectivity index (χ1) is 16.3. The van der Waals surface area contributed by atoms with Gasteiger partial charge in [-0.3, -0.25) is 14.5 Å². The van der Waals surface area contributed by atoms with Crippen LogP contribution in [0.25, 0.3) is 5.57 Å². The lowest BCUT2D eigenvalue weighted by Crippen LogP contribution is -2.60. The molecule has 3 fully saturated rings. The maximum Gasteiger partial charge on any atom is 0.242 e. The van der Waals surface area contributed by atoms with Crippen LogP contribution in [-0.4, -0.2) is 64.0 Å². The van der Waals surface area contributed by atoms with Gasteiger partial charge in [0.25, 0.3) is 0 Å². The molecule has 34 heavy (non-hydrogen) atoms. The molecule has 1 aromatic carbocycles. The molecular weight excluding hydrogens is 433 g/mol. The Morgan fingerprint density at radius 1 is 1.03 bits per heavy atom. The molecule has 2 heterocycles. The summed E-state index contributed by atoms with van der Waals surface area (Å²) in [6.45, 7) is 2.05. The smallest absolute Gasteiger partial charge is 0.242 e. The van der Waals surface area contributed by atoms with Crippen molar-refractivity contribution in [1.29, 1.82) is 0 Å². The minimum atomic E-state index is -0.944. The highest BCUT2D eigenvalue weighted by atomic mass is 19.1. The molecule has 5 rings (SSSR count). The third kappa shape index (κ3) is 3.99. The maximum absolute atomic E-state index is 13.5. The fourth-order valence-electron chi connectivity index (χ4n) is 6.50. The number of hydrogen-bond donors (Lipinski definition) is 2. The molecule has 4 aliphatic rings. The maximum atomic E-state index is 13.5. The van der Waals surface area contributed by atoms with Gasteiger partial charge in [0.2, 0.25) is 11.8 Å². The first kappa shape index (κ1) is 23.2. The first-order valence-corrected chi connectivity index (χ1v) is 12.5. The Morgan fingerprint density at radius 2 is 1.68 bits per heavy atom. The van der Waals surface area contributed by atoms with Crippen molar-refractivity contribution >= 4 is 17.4 Å². The Kier molecular flexibility index (Phi) is 6.10. The zero-order valence-electron chi connectivity index (χ0n) is 19.6. The van der Waals surface area contributed by atoms with Gasteiger partial charge in [-0.1, -0.05) is 30.4 Å². The minimum absolute atomic E-state index is 0.228. The SMILES string of the molecule is NC(=O)C1(N2CCC3(CCN(C4CCC(O)CC4)C3=O)CC2)C=CC=C(c2ccc(F)cc2)C1. The molecule has 1 atom stereocenters. The standard InChI is InChI=1S/C27H34FN3O3/c28-21-5-3-19(4-6-21)20-2-1-11-27(18-20,24(29)33)30-15-12-26(13-16-30)14-17-31(25(26)34)22-7-9-23(32)10-8-22/h1-6,11,22-23,32H,7-10,12-18H2,(H2,29,33). The van der Waals surface area contributed by atoms with Crippen LogP contribution in [0.4, 0.5) is 4.39 Å². The molecule has 2 amide bonds. The van der Waals surface area contributed by atoms with Gasteiger partial charge in [0, 0.05) is 32.1 Å². The van der Waals surface area contributed by atoms with Crippen LogP contribution in [0.15, 0.2) is 42.5 Å². The van der Waals surface area contributed by atoms with Gasteiger partial charge in [-0.25, -0.2) is 4.39 Å². The molecule has 7 heteroatoms. The highest BCUT2D eigenvalue weighted by Gasteiger charge is 2.53. The third-order valence-corrected chi connectivity index (χ3v) is 8.71. The summed E-state index contributed by atoms with van der Waals surface area (Å²) in [6.07, 6.45) is 11.5. The molecule has 2 aliphatic heterocycles. The second kappa shape index (κ2) is 8.93. The average Bonchev–Trinajstić information content (AvgIpc) is 3.16. The van der Waals surface area contributed by atoms with E-state index in [-0.39, 0.29) is 29.3 Å². The van der Waals surface area contributed by atoms with Crippen molar-refractivity contribution in [2.24, 2.45) is 11.1 Å². The lowest BCUT2D eigenvalue weighted by molar-refractivity contribution is -0.142. The van der Waals surface area contributed by atoms with Crippen LogP contribution in [0.5, 0.6) is 0 Å². The van der Waals surface area contributed by atoms with E-state index in [0.29, 0.717) is 19.5 Å². The summed E-state index contributed by atoms with van der Waals surface area (Å²) < 4.78 is 13.4. The van der Waals surface area contributed by atoms with Crippen LogP contribution in [0.1, 0.15) is 56.9 Å². The lowest BCUT2D eigenvalue weighted by Gasteiger charge is -2.47. The van der Waals surface area contributed by atoms with Gasteiger partial charge in [-0.2, -0.15) is 0 Å². The number of nitrogens with zero attached hydrogens (tertiary/aromatic N) is 2. The number of allylic oxidation sites excluding steroid dienone is 2. The summed E-state index contributed by atoms with van der Waals surface area (Å²) in [7, 11) is 0. The number of aliphatic hydroxyl groups is 1. The fourth-order valence-corrected chi connectivity index (χ4v) is 6.50. The highest BCUT2D eigenvalue weighted by molar-refractivity contribution is 5.91.